The molecule has 0 aliphatic carbocycles. The lowest BCUT2D eigenvalue weighted by atomic mass is 10.1. The monoisotopic (exact) mass is 378 g/mol. The van der Waals surface area contributed by atoms with E-state index in [1.54, 1.807) is 12.1 Å². The zero-order valence-corrected chi connectivity index (χ0v) is 13.9. The minimum atomic E-state index is -0.557. The van der Waals surface area contributed by atoms with E-state index in [9.17, 15) is 4.79 Å². The molecule has 0 aliphatic heterocycles. The smallest absolute Gasteiger partial charge is 0.246 e. The highest BCUT2D eigenvalue weighted by Crippen LogP contribution is 2.22. The van der Waals surface area contributed by atoms with Gasteiger partial charge in [-0.05, 0) is 34.0 Å². The van der Waals surface area contributed by atoms with Crippen LogP contribution in [0.25, 0.3) is 11.6 Å². The summed E-state index contributed by atoms with van der Waals surface area (Å²) in [6.45, 7) is 3.89. The van der Waals surface area contributed by atoms with Crippen LogP contribution in [-0.4, -0.2) is 22.1 Å². The molecule has 0 aliphatic rings. The SMILES string of the molecule is CC(C)[C@H](N)C(=O)NCc1nc(-c2ccc(Br)o2)no1.Cl. The summed E-state index contributed by atoms with van der Waals surface area (Å²) >= 11 is 3.19. The summed E-state index contributed by atoms with van der Waals surface area (Å²) in [6, 6.07) is 2.89. The predicted octanol–water partition coefficient (Wildman–Crippen LogP) is 2.11. The van der Waals surface area contributed by atoms with Crippen LogP contribution in [0.3, 0.4) is 0 Å². The number of furan rings is 1. The van der Waals surface area contributed by atoms with Crippen molar-refractivity contribution in [3.05, 3.63) is 22.7 Å². The van der Waals surface area contributed by atoms with E-state index in [4.69, 9.17) is 14.7 Å². The lowest BCUT2D eigenvalue weighted by Gasteiger charge is -2.14. The summed E-state index contributed by atoms with van der Waals surface area (Å²) < 4.78 is 10.9. The number of nitrogens with two attached hydrogens (primary N) is 1. The van der Waals surface area contributed by atoms with Crippen molar-refractivity contribution in [1.29, 1.82) is 0 Å². The van der Waals surface area contributed by atoms with Gasteiger partial charge in [-0.25, -0.2) is 0 Å². The Kier molecular flexibility index (Phi) is 6.38. The summed E-state index contributed by atoms with van der Waals surface area (Å²) in [6.07, 6.45) is 0. The van der Waals surface area contributed by atoms with Crippen LogP contribution in [0.4, 0.5) is 0 Å². The van der Waals surface area contributed by atoms with Crippen molar-refractivity contribution in [2.75, 3.05) is 0 Å². The molecule has 0 saturated heterocycles. The van der Waals surface area contributed by atoms with Crippen LogP contribution in [0.2, 0.25) is 0 Å². The first-order valence-electron chi connectivity index (χ1n) is 6.09. The molecular formula is C12H16BrClN4O3. The van der Waals surface area contributed by atoms with E-state index in [2.05, 4.69) is 31.4 Å². The molecule has 0 fully saturated rings. The van der Waals surface area contributed by atoms with Crippen molar-refractivity contribution < 1.29 is 13.7 Å². The molecule has 0 spiro atoms. The maximum absolute atomic E-state index is 11.7. The molecule has 7 nitrogen and oxygen atoms in total. The van der Waals surface area contributed by atoms with E-state index in [-0.39, 0.29) is 36.7 Å². The molecule has 9 heteroatoms. The van der Waals surface area contributed by atoms with Crippen molar-refractivity contribution in [1.82, 2.24) is 15.5 Å². The highest BCUT2D eigenvalue weighted by atomic mass is 79.9. The van der Waals surface area contributed by atoms with E-state index in [1.165, 1.54) is 0 Å². The summed E-state index contributed by atoms with van der Waals surface area (Å²) in [5.74, 6) is 0.913. The summed E-state index contributed by atoms with van der Waals surface area (Å²) in [5, 5.41) is 6.42. The number of hydrogen-bond acceptors (Lipinski definition) is 6. The molecule has 2 aromatic rings. The molecule has 21 heavy (non-hydrogen) atoms. The number of carbonyl (C=O) groups is 1. The fourth-order valence-electron chi connectivity index (χ4n) is 1.44. The van der Waals surface area contributed by atoms with Gasteiger partial charge in [0.2, 0.25) is 17.6 Å². The van der Waals surface area contributed by atoms with Crippen LogP contribution < -0.4 is 11.1 Å². The fraction of sp³-hybridized carbons (Fsp3) is 0.417. The summed E-state index contributed by atoms with van der Waals surface area (Å²) in [4.78, 5) is 15.8. The Labute approximate surface area is 136 Å². The van der Waals surface area contributed by atoms with Crippen LogP contribution in [0.15, 0.2) is 25.7 Å². The minimum Gasteiger partial charge on any atom is -0.446 e. The average molecular weight is 380 g/mol. The zero-order chi connectivity index (χ0) is 14.7. The second kappa shape index (κ2) is 7.58. The second-order valence-electron chi connectivity index (χ2n) is 4.60. The second-order valence-corrected chi connectivity index (χ2v) is 5.38. The van der Waals surface area contributed by atoms with Gasteiger partial charge in [-0.15, -0.1) is 12.4 Å². The lowest BCUT2D eigenvalue weighted by Crippen LogP contribution is -2.43. The van der Waals surface area contributed by atoms with E-state index in [0.717, 1.165) is 0 Å². The van der Waals surface area contributed by atoms with Crippen LogP contribution in [0.1, 0.15) is 19.7 Å². The molecule has 2 aromatic heterocycles. The lowest BCUT2D eigenvalue weighted by molar-refractivity contribution is -0.123. The third kappa shape index (κ3) is 4.55. The molecule has 116 valence electrons. The average Bonchev–Trinajstić information content (AvgIpc) is 3.03. The van der Waals surface area contributed by atoms with Gasteiger partial charge in [0.15, 0.2) is 10.4 Å². The van der Waals surface area contributed by atoms with Crippen molar-refractivity contribution >= 4 is 34.2 Å². The first-order chi connectivity index (χ1) is 9.47. The van der Waals surface area contributed by atoms with E-state index >= 15 is 0 Å². The Balaban J connectivity index is 0.00000220. The Hall–Kier alpha value is -1.38. The van der Waals surface area contributed by atoms with Gasteiger partial charge in [0.05, 0.1) is 12.6 Å². The Morgan fingerprint density at radius 3 is 2.76 bits per heavy atom. The van der Waals surface area contributed by atoms with Gasteiger partial charge < -0.3 is 20.0 Å². The molecule has 0 saturated carbocycles. The van der Waals surface area contributed by atoms with Gasteiger partial charge in [-0.1, -0.05) is 19.0 Å². The fourth-order valence-corrected chi connectivity index (χ4v) is 1.75. The molecule has 0 bridgehead atoms. The van der Waals surface area contributed by atoms with Crippen molar-refractivity contribution in [2.45, 2.75) is 26.4 Å². The number of halogens is 2. The van der Waals surface area contributed by atoms with E-state index in [1.807, 2.05) is 13.8 Å². The zero-order valence-electron chi connectivity index (χ0n) is 11.5. The Morgan fingerprint density at radius 2 is 2.19 bits per heavy atom. The maximum atomic E-state index is 11.7. The number of rotatable bonds is 5. The molecule has 3 N–H and O–H groups in total. The third-order valence-electron chi connectivity index (χ3n) is 2.70. The van der Waals surface area contributed by atoms with Gasteiger partial charge in [-0.3, -0.25) is 4.79 Å². The standard InChI is InChI=1S/C12H15BrN4O3.ClH/c1-6(2)10(14)12(18)15-5-9-16-11(17-20-9)7-3-4-8(13)19-7;/h3-4,6,10H,5,14H2,1-2H3,(H,15,18);1H/t10-;/m0./s1. The highest BCUT2D eigenvalue weighted by molar-refractivity contribution is 9.10. The van der Waals surface area contributed by atoms with Crippen LogP contribution >= 0.6 is 28.3 Å². The van der Waals surface area contributed by atoms with E-state index in [0.29, 0.717) is 16.3 Å². The van der Waals surface area contributed by atoms with Gasteiger partial charge >= 0.3 is 0 Å². The van der Waals surface area contributed by atoms with Crippen LogP contribution in [-0.2, 0) is 11.3 Å². The molecule has 0 unspecified atom stereocenters. The predicted molar refractivity (Wildman–Crippen MR) is 81.6 cm³/mol. The number of aromatic nitrogens is 2. The highest BCUT2D eigenvalue weighted by Gasteiger charge is 2.18. The largest absolute Gasteiger partial charge is 0.446 e. The molecule has 2 rings (SSSR count). The summed E-state index contributed by atoms with van der Waals surface area (Å²) in [5.41, 5.74) is 5.72. The minimum absolute atomic E-state index is 0. The third-order valence-corrected chi connectivity index (χ3v) is 3.12. The summed E-state index contributed by atoms with van der Waals surface area (Å²) in [7, 11) is 0. The molecule has 2 heterocycles. The van der Waals surface area contributed by atoms with Crippen LogP contribution in [0.5, 0.6) is 0 Å². The van der Waals surface area contributed by atoms with Gasteiger partial charge in [0.1, 0.15) is 0 Å². The van der Waals surface area contributed by atoms with Crippen LogP contribution in [0, 0.1) is 5.92 Å². The van der Waals surface area contributed by atoms with Crippen molar-refractivity contribution in [2.24, 2.45) is 11.7 Å². The first-order valence-corrected chi connectivity index (χ1v) is 6.88. The first kappa shape index (κ1) is 17.7. The molecule has 1 amide bonds. The number of nitrogens with one attached hydrogen (secondary N) is 1. The topological polar surface area (TPSA) is 107 Å². The Morgan fingerprint density at radius 1 is 1.48 bits per heavy atom. The molecule has 1 atom stereocenters. The van der Waals surface area contributed by atoms with E-state index < -0.39 is 6.04 Å². The van der Waals surface area contributed by atoms with Gasteiger partial charge in [0, 0.05) is 0 Å². The van der Waals surface area contributed by atoms with Crippen molar-refractivity contribution in [3.8, 4) is 11.6 Å². The van der Waals surface area contributed by atoms with Gasteiger partial charge in [0.25, 0.3) is 0 Å². The molecule has 0 radical (unpaired) electrons. The number of carbonyl (C=O) groups excluding carboxylic acids is 1. The normalized spacial score (nSPS) is 12.0. The number of amides is 1. The van der Waals surface area contributed by atoms with Crippen molar-refractivity contribution in [3.63, 3.8) is 0 Å². The number of nitrogens with zero attached hydrogens (tertiary/aromatic N) is 2. The Bertz CT molecular complexity index is 599. The number of hydrogen-bond donors (Lipinski definition) is 2. The van der Waals surface area contributed by atoms with Gasteiger partial charge in [-0.2, -0.15) is 4.98 Å². The molecular weight excluding hydrogens is 364 g/mol. The maximum Gasteiger partial charge on any atom is 0.246 e. The molecule has 0 aromatic carbocycles. The quantitative estimate of drug-likeness (QED) is 0.824.